The molecule has 3 heterocycles. The highest BCUT2D eigenvalue weighted by molar-refractivity contribution is 5.91. The van der Waals surface area contributed by atoms with Crippen LogP contribution in [0.4, 0.5) is 13.6 Å². The lowest BCUT2D eigenvalue weighted by atomic mass is 9.81. The molecule has 8 atom stereocenters. The maximum Gasteiger partial charge on any atom is 0.408 e. The Bertz CT molecular complexity index is 1730. The van der Waals surface area contributed by atoms with Crippen LogP contribution in [0.5, 0.6) is 11.6 Å². The summed E-state index contributed by atoms with van der Waals surface area (Å²) in [6.45, 7) is 10.9. The Kier molecular flexibility index (Phi) is 10.1. The first-order chi connectivity index (χ1) is 24.1. The average Bonchev–Trinajstić information content (AvgIpc) is 3.49. The number of fused-ring (bicyclic) bond motifs is 7. The summed E-state index contributed by atoms with van der Waals surface area (Å²) in [5.74, 6) is 1.10. The molecule has 0 radical (unpaired) electrons. The van der Waals surface area contributed by atoms with Crippen molar-refractivity contribution in [3.05, 3.63) is 23.9 Å². The summed E-state index contributed by atoms with van der Waals surface area (Å²) < 4.78 is 55.8. The second-order valence-electron chi connectivity index (χ2n) is 15.9. The van der Waals surface area contributed by atoms with Gasteiger partial charge in [-0.1, -0.05) is 59.8 Å². The Morgan fingerprint density at radius 1 is 1.12 bits per heavy atom. The summed E-state index contributed by atoms with van der Waals surface area (Å²) in [6.07, 6.45) is -0.974. The molecule has 2 fully saturated rings. The maximum atomic E-state index is 16.3. The number of hydrogen-bond donors (Lipinski definition) is 1. The van der Waals surface area contributed by atoms with Gasteiger partial charge in [0.15, 0.2) is 5.69 Å². The van der Waals surface area contributed by atoms with E-state index >= 15 is 8.78 Å². The average molecular weight is 711 g/mol. The molecular formula is C38H48F2N4O7. The lowest BCUT2D eigenvalue weighted by molar-refractivity contribution is -0.156. The number of hydrogen-bond acceptors (Lipinski definition) is 9. The fourth-order valence-electron chi connectivity index (χ4n) is 7.63. The van der Waals surface area contributed by atoms with Gasteiger partial charge in [0.1, 0.15) is 30.0 Å². The van der Waals surface area contributed by atoms with Gasteiger partial charge in [-0.15, -0.1) is 0 Å². The van der Waals surface area contributed by atoms with Gasteiger partial charge in [-0.25, -0.2) is 19.6 Å². The number of alkyl carbamates (subject to hydrolysis) is 1. The number of rotatable bonds is 4. The van der Waals surface area contributed by atoms with Gasteiger partial charge in [-0.3, -0.25) is 4.79 Å². The summed E-state index contributed by atoms with van der Waals surface area (Å²) >= 11 is 0. The fraction of sp³-hybridized carbons (Fsp3) is 0.658. The third-order valence-corrected chi connectivity index (χ3v) is 10.5. The van der Waals surface area contributed by atoms with E-state index in [1.165, 1.54) is 12.0 Å². The van der Waals surface area contributed by atoms with Crippen LogP contribution in [0.25, 0.3) is 11.0 Å². The zero-order chi connectivity index (χ0) is 36.8. The number of carbonyl (C=O) groups is 3. The van der Waals surface area contributed by atoms with Crippen molar-refractivity contribution < 1.29 is 42.1 Å². The van der Waals surface area contributed by atoms with Gasteiger partial charge < -0.3 is 29.2 Å². The Morgan fingerprint density at radius 2 is 1.88 bits per heavy atom. The highest BCUT2D eigenvalue weighted by atomic mass is 19.3. The molecule has 11 nitrogen and oxygen atoms in total. The fourth-order valence-corrected chi connectivity index (χ4v) is 7.63. The minimum atomic E-state index is -3.42. The van der Waals surface area contributed by atoms with Gasteiger partial charge in [-0.05, 0) is 42.7 Å². The van der Waals surface area contributed by atoms with Gasteiger partial charge in [0, 0.05) is 36.2 Å². The summed E-state index contributed by atoms with van der Waals surface area (Å²) in [4.78, 5) is 52.0. The topological polar surface area (TPSA) is 129 Å². The molecule has 2 aromatic rings. The molecule has 13 heteroatoms. The van der Waals surface area contributed by atoms with Crippen molar-refractivity contribution in [2.75, 3.05) is 20.3 Å². The molecule has 276 valence electrons. The van der Waals surface area contributed by atoms with E-state index < -0.39 is 71.6 Å². The van der Waals surface area contributed by atoms with Crippen LogP contribution in [0.2, 0.25) is 0 Å². The monoisotopic (exact) mass is 710 g/mol. The molecular weight excluding hydrogens is 662 g/mol. The number of amides is 2. The molecule has 0 unspecified atom stereocenters. The highest BCUT2D eigenvalue weighted by Gasteiger charge is 2.52. The number of benzene rings is 1. The largest absolute Gasteiger partial charge is 0.497 e. The number of methoxy groups -OCH3 is 1. The van der Waals surface area contributed by atoms with Crippen LogP contribution >= 0.6 is 0 Å². The lowest BCUT2D eigenvalue weighted by Gasteiger charge is -2.35. The number of ether oxygens (including phenoxy) is 4. The zero-order valence-electron chi connectivity index (χ0n) is 30.3. The van der Waals surface area contributed by atoms with Crippen molar-refractivity contribution in [3.8, 4) is 23.5 Å². The second-order valence-corrected chi connectivity index (χ2v) is 15.9. The first-order valence-corrected chi connectivity index (χ1v) is 17.9. The van der Waals surface area contributed by atoms with E-state index in [-0.39, 0.29) is 60.2 Å². The van der Waals surface area contributed by atoms with Crippen LogP contribution in [-0.2, 0) is 25.0 Å². The predicted molar refractivity (Wildman–Crippen MR) is 183 cm³/mol. The molecule has 2 amide bonds. The molecule has 4 aliphatic rings. The van der Waals surface area contributed by atoms with Crippen LogP contribution in [0.3, 0.4) is 0 Å². The number of aromatic nitrogens is 2. The first kappa shape index (κ1) is 36.6. The van der Waals surface area contributed by atoms with E-state index in [0.717, 1.165) is 0 Å². The van der Waals surface area contributed by atoms with E-state index in [0.29, 0.717) is 25.0 Å². The van der Waals surface area contributed by atoms with Crippen molar-refractivity contribution in [2.24, 2.45) is 35.0 Å². The van der Waals surface area contributed by atoms with Crippen molar-refractivity contribution in [3.63, 3.8) is 0 Å². The third-order valence-electron chi connectivity index (χ3n) is 10.5. The van der Waals surface area contributed by atoms with Crippen LogP contribution in [-0.4, -0.2) is 77.4 Å². The van der Waals surface area contributed by atoms with Crippen molar-refractivity contribution >= 4 is 29.0 Å². The van der Waals surface area contributed by atoms with E-state index in [9.17, 15) is 14.4 Å². The van der Waals surface area contributed by atoms with Gasteiger partial charge in [-0.2, -0.15) is 8.78 Å². The molecule has 2 aliphatic heterocycles. The smallest absolute Gasteiger partial charge is 0.408 e. The van der Waals surface area contributed by atoms with Crippen LogP contribution in [0.15, 0.2) is 18.2 Å². The lowest BCUT2D eigenvalue weighted by Crippen LogP contribution is -2.57. The molecule has 1 aromatic heterocycles. The number of carbonyl (C=O) groups excluding carboxylic acids is 3. The second kappa shape index (κ2) is 14.1. The van der Waals surface area contributed by atoms with Gasteiger partial charge in [0.2, 0.25) is 11.8 Å². The Morgan fingerprint density at radius 3 is 2.55 bits per heavy atom. The molecule has 0 spiro atoms. The van der Waals surface area contributed by atoms with E-state index in [4.69, 9.17) is 18.9 Å². The molecule has 1 aromatic carbocycles. The summed E-state index contributed by atoms with van der Waals surface area (Å²) in [5, 5.41) is 2.82. The standard InChI is InChI=1S/C38H48F2N4O7/c1-20(2)19-49-35(46)30-21(3)29-18-44(30)34(45)32(37(4,5)6)43-36(47)51-28-16-22-11-13-24(22)25(28)10-8-9-15-38(39,40)31-33(50-29)42-27-17-23(48-7)12-14-26(27)41-31/h12,14,17,20-22,24-25,28-30,32H,8-10,15-16,18-19H2,1-7H3,(H,43,47)/t21-,22+,24+,25-,28-,29+,30+,32-/m1/s1. The van der Waals surface area contributed by atoms with E-state index in [1.54, 1.807) is 45.9 Å². The van der Waals surface area contributed by atoms with Crippen molar-refractivity contribution in [2.45, 2.75) is 104 Å². The van der Waals surface area contributed by atoms with E-state index in [2.05, 4.69) is 27.1 Å². The van der Waals surface area contributed by atoms with Crippen LogP contribution in [0.1, 0.15) is 79.3 Å². The number of halogens is 2. The minimum absolute atomic E-state index is 0.0259. The quantitative estimate of drug-likeness (QED) is 0.306. The van der Waals surface area contributed by atoms with Gasteiger partial charge >= 0.3 is 12.1 Å². The summed E-state index contributed by atoms with van der Waals surface area (Å²) in [7, 11) is 1.49. The number of nitrogens with zero attached hydrogens (tertiary/aromatic N) is 3. The Labute approximate surface area is 297 Å². The van der Waals surface area contributed by atoms with Crippen LogP contribution in [0, 0.1) is 46.8 Å². The maximum absolute atomic E-state index is 16.3. The summed E-state index contributed by atoms with van der Waals surface area (Å²) in [5.41, 5.74) is -0.878. The highest BCUT2D eigenvalue weighted by Crippen LogP contribution is 2.46. The van der Waals surface area contributed by atoms with Crippen molar-refractivity contribution in [1.82, 2.24) is 20.2 Å². The first-order valence-electron chi connectivity index (χ1n) is 17.9. The number of esters is 1. The summed E-state index contributed by atoms with van der Waals surface area (Å²) in [6, 6.07) is 2.55. The molecule has 1 saturated carbocycles. The van der Waals surface area contributed by atoms with Crippen LogP contribution < -0.4 is 14.8 Å². The molecule has 2 bridgehead atoms. The minimum Gasteiger partial charge on any atom is -0.497 e. The van der Waals surface area contributed by atoms with Gasteiger partial charge in [0.25, 0.3) is 5.92 Å². The zero-order valence-corrected chi connectivity index (χ0v) is 30.3. The normalized spacial score (nSPS) is 30.6. The Hall–Kier alpha value is -4.21. The number of alkyl halides is 2. The predicted octanol–water partition coefficient (Wildman–Crippen LogP) is 5.88. The molecule has 6 rings (SSSR count). The molecule has 1 saturated heterocycles. The number of nitrogens with one attached hydrogen (secondary N) is 1. The van der Waals surface area contributed by atoms with E-state index in [1.807, 2.05) is 13.8 Å². The van der Waals surface area contributed by atoms with Gasteiger partial charge in [0.05, 0.1) is 31.3 Å². The third kappa shape index (κ3) is 7.42. The molecule has 1 N–H and O–H groups in total. The molecule has 51 heavy (non-hydrogen) atoms. The van der Waals surface area contributed by atoms with Crippen molar-refractivity contribution in [1.29, 1.82) is 0 Å². The molecule has 2 aliphatic carbocycles. The SMILES string of the molecule is COc1ccc2nc3c(nc2c1)O[C@H]1CN(C(=O)[C@H](C(C)(C)C)NC(=O)O[C@@H]2C[C@@H]4C#C[C@@H]4[C@H]2CCCCC3(F)F)[C@H](C(=O)OCC(C)C)[C@@H]1C. The Balaban J connectivity index is 1.42.